The van der Waals surface area contributed by atoms with Gasteiger partial charge in [0, 0.05) is 18.0 Å². The van der Waals surface area contributed by atoms with Gasteiger partial charge in [0.25, 0.3) is 0 Å². The van der Waals surface area contributed by atoms with Gasteiger partial charge in [0.05, 0.1) is 17.2 Å². The van der Waals surface area contributed by atoms with Crippen LogP contribution < -0.4 is 0 Å². The molecule has 0 aromatic carbocycles. The van der Waals surface area contributed by atoms with Crippen LogP contribution in [-0.4, -0.2) is 35.6 Å². The Kier molecular flexibility index (Phi) is 3.33. The molecule has 0 bridgehead atoms. The number of rotatable bonds is 3. The van der Waals surface area contributed by atoms with Crippen molar-refractivity contribution >= 4 is 21.8 Å². The SMILES string of the molecule is O=Cc1ccc2nc(CC3CCCS(=O)(=O)C3)cn2c1. The average molecular weight is 292 g/mol. The Labute approximate surface area is 117 Å². The molecule has 1 fully saturated rings. The van der Waals surface area contributed by atoms with Crippen molar-refractivity contribution < 1.29 is 13.2 Å². The van der Waals surface area contributed by atoms with E-state index in [1.807, 2.05) is 10.6 Å². The fourth-order valence-electron chi connectivity index (χ4n) is 2.80. The van der Waals surface area contributed by atoms with Crippen LogP contribution >= 0.6 is 0 Å². The number of sulfone groups is 1. The lowest BCUT2D eigenvalue weighted by Crippen LogP contribution is -2.26. The topological polar surface area (TPSA) is 68.5 Å². The van der Waals surface area contributed by atoms with Crippen molar-refractivity contribution in [2.45, 2.75) is 19.3 Å². The minimum absolute atomic E-state index is 0.157. The Hall–Kier alpha value is -1.69. The van der Waals surface area contributed by atoms with Gasteiger partial charge < -0.3 is 4.40 Å². The highest BCUT2D eigenvalue weighted by Gasteiger charge is 2.25. The van der Waals surface area contributed by atoms with E-state index < -0.39 is 9.84 Å². The molecule has 0 spiro atoms. The largest absolute Gasteiger partial charge is 0.306 e. The van der Waals surface area contributed by atoms with Gasteiger partial charge in [-0.15, -0.1) is 0 Å². The van der Waals surface area contributed by atoms with Gasteiger partial charge in [0.1, 0.15) is 5.65 Å². The first kappa shape index (κ1) is 13.3. The van der Waals surface area contributed by atoms with E-state index in [0.717, 1.165) is 30.5 Å². The summed E-state index contributed by atoms with van der Waals surface area (Å²) in [6.07, 6.45) is 6.77. The summed E-state index contributed by atoms with van der Waals surface area (Å²) >= 11 is 0. The number of pyridine rings is 1. The monoisotopic (exact) mass is 292 g/mol. The minimum Gasteiger partial charge on any atom is -0.306 e. The second-order valence-corrected chi connectivity index (χ2v) is 7.63. The molecule has 106 valence electrons. The minimum atomic E-state index is -2.87. The van der Waals surface area contributed by atoms with Crippen molar-refractivity contribution in [3.63, 3.8) is 0 Å². The third-order valence-corrected chi connectivity index (χ3v) is 5.61. The highest BCUT2D eigenvalue weighted by Crippen LogP contribution is 2.22. The lowest BCUT2D eigenvalue weighted by molar-refractivity contribution is 0.112. The Morgan fingerprint density at radius 2 is 2.20 bits per heavy atom. The van der Waals surface area contributed by atoms with Crippen LogP contribution in [0.2, 0.25) is 0 Å². The first-order valence-corrected chi connectivity index (χ1v) is 8.51. The van der Waals surface area contributed by atoms with Crippen molar-refractivity contribution in [2.24, 2.45) is 5.92 Å². The third kappa shape index (κ3) is 2.75. The quantitative estimate of drug-likeness (QED) is 0.804. The van der Waals surface area contributed by atoms with E-state index in [0.29, 0.717) is 17.7 Å². The van der Waals surface area contributed by atoms with Crippen molar-refractivity contribution in [3.8, 4) is 0 Å². The van der Waals surface area contributed by atoms with Crippen LogP contribution in [0.4, 0.5) is 0 Å². The number of carbonyl (C=O) groups is 1. The predicted octanol–water partition coefficient (Wildman–Crippen LogP) is 1.51. The maximum Gasteiger partial charge on any atom is 0.151 e. The molecular formula is C14H16N2O3S. The Bertz CT molecular complexity index is 749. The number of hydrogen-bond acceptors (Lipinski definition) is 4. The average Bonchev–Trinajstić information content (AvgIpc) is 2.78. The molecule has 1 aliphatic heterocycles. The molecule has 3 rings (SSSR count). The zero-order chi connectivity index (χ0) is 14.2. The molecule has 1 saturated heterocycles. The van der Waals surface area contributed by atoms with E-state index >= 15 is 0 Å². The summed E-state index contributed by atoms with van der Waals surface area (Å²) in [5, 5.41) is 0. The number of fused-ring (bicyclic) bond motifs is 1. The van der Waals surface area contributed by atoms with Crippen LogP contribution in [0.25, 0.3) is 5.65 Å². The van der Waals surface area contributed by atoms with Gasteiger partial charge in [-0.05, 0) is 37.3 Å². The van der Waals surface area contributed by atoms with Crippen LogP contribution in [0, 0.1) is 5.92 Å². The molecule has 0 radical (unpaired) electrons. The van der Waals surface area contributed by atoms with Crippen LogP contribution in [0.1, 0.15) is 28.9 Å². The van der Waals surface area contributed by atoms with Gasteiger partial charge in [-0.25, -0.2) is 13.4 Å². The van der Waals surface area contributed by atoms with Gasteiger partial charge in [0.2, 0.25) is 0 Å². The Balaban J connectivity index is 1.82. The summed E-state index contributed by atoms with van der Waals surface area (Å²) in [5.41, 5.74) is 2.26. The van der Waals surface area contributed by atoms with E-state index in [9.17, 15) is 13.2 Å². The summed E-state index contributed by atoms with van der Waals surface area (Å²) in [4.78, 5) is 15.2. The van der Waals surface area contributed by atoms with Gasteiger partial charge in [0.15, 0.2) is 16.1 Å². The van der Waals surface area contributed by atoms with E-state index in [1.165, 1.54) is 0 Å². The summed E-state index contributed by atoms with van der Waals surface area (Å²) in [5.74, 6) is 0.738. The smallest absolute Gasteiger partial charge is 0.151 e. The molecule has 0 amide bonds. The van der Waals surface area contributed by atoms with Gasteiger partial charge in [-0.1, -0.05) is 0 Å². The van der Waals surface area contributed by atoms with Crippen molar-refractivity contribution in [1.29, 1.82) is 0 Å². The predicted molar refractivity (Wildman–Crippen MR) is 75.7 cm³/mol. The molecule has 1 atom stereocenters. The zero-order valence-corrected chi connectivity index (χ0v) is 11.8. The number of carbonyl (C=O) groups excluding carboxylic acids is 1. The highest BCUT2D eigenvalue weighted by molar-refractivity contribution is 7.91. The van der Waals surface area contributed by atoms with E-state index in [4.69, 9.17) is 0 Å². The van der Waals surface area contributed by atoms with Gasteiger partial charge >= 0.3 is 0 Å². The molecule has 2 aromatic heterocycles. The van der Waals surface area contributed by atoms with Gasteiger partial charge in [-0.3, -0.25) is 4.79 Å². The molecular weight excluding hydrogens is 276 g/mol. The maximum atomic E-state index is 11.6. The third-order valence-electron chi connectivity index (χ3n) is 3.72. The molecule has 20 heavy (non-hydrogen) atoms. The molecule has 0 saturated carbocycles. The molecule has 2 aromatic rings. The van der Waals surface area contributed by atoms with E-state index in [1.54, 1.807) is 18.3 Å². The Morgan fingerprint density at radius 1 is 1.35 bits per heavy atom. The van der Waals surface area contributed by atoms with E-state index in [2.05, 4.69) is 4.98 Å². The molecule has 1 aliphatic rings. The van der Waals surface area contributed by atoms with Crippen LogP contribution in [-0.2, 0) is 16.3 Å². The standard InChI is InChI=1S/C14H16N2O3S/c17-9-12-3-4-14-15-13(8-16(14)7-12)6-11-2-1-5-20(18,19)10-11/h3-4,7-9,11H,1-2,5-6,10H2. The molecule has 6 heteroatoms. The number of aromatic nitrogens is 2. The second-order valence-electron chi connectivity index (χ2n) is 5.40. The molecule has 3 heterocycles. The van der Waals surface area contributed by atoms with Crippen LogP contribution in [0.15, 0.2) is 24.5 Å². The number of nitrogens with zero attached hydrogens (tertiary/aromatic N) is 2. The fraction of sp³-hybridized carbons (Fsp3) is 0.429. The normalized spacial score (nSPS) is 21.9. The molecule has 5 nitrogen and oxygen atoms in total. The van der Waals surface area contributed by atoms with E-state index in [-0.39, 0.29) is 11.7 Å². The number of hydrogen-bond donors (Lipinski definition) is 0. The maximum absolute atomic E-state index is 11.6. The first-order chi connectivity index (χ1) is 9.55. The van der Waals surface area contributed by atoms with Crippen molar-refractivity contribution in [3.05, 3.63) is 35.8 Å². The molecule has 1 unspecified atom stereocenters. The van der Waals surface area contributed by atoms with Crippen molar-refractivity contribution in [1.82, 2.24) is 9.38 Å². The molecule has 0 N–H and O–H groups in total. The van der Waals surface area contributed by atoms with Gasteiger partial charge in [-0.2, -0.15) is 0 Å². The van der Waals surface area contributed by atoms with Crippen molar-refractivity contribution in [2.75, 3.05) is 11.5 Å². The molecule has 0 aliphatic carbocycles. The number of aldehydes is 1. The summed E-state index contributed by atoms with van der Waals surface area (Å²) < 4.78 is 25.1. The number of imidazole rings is 1. The lowest BCUT2D eigenvalue weighted by atomic mass is 10.00. The van der Waals surface area contributed by atoms with Crippen LogP contribution in [0.5, 0.6) is 0 Å². The van der Waals surface area contributed by atoms with Crippen LogP contribution in [0.3, 0.4) is 0 Å². The summed E-state index contributed by atoms with van der Waals surface area (Å²) in [6, 6.07) is 3.52. The lowest BCUT2D eigenvalue weighted by Gasteiger charge is -2.20. The summed E-state index contributed by atoms with van der Waals surface area (Å²) in [7, 11) is -2.87. The fourth-order valence-corrected chi connectivity index (χ4v) is 4.58. The Morgan fingerprint density at radius 3 is 2.95 bits per heavy atom. The summed E-state index contributed by atoms with van der Waals surface area (Å²) in [6.45, 7) is 0. The zero-order valence-electron chi connectivity index (χ0n) is 11.0. The second kappa shape index (κ2) is 5.01. The first-order valence-electron chi connectivity index (χ1n) is 6.69. The highest BCUT2D eigenvalue weighted by atomic mass is 32.2.